The van der Waals surface area contributed by atoms with Gasteiger partial charge in [0.1, 0.15) is 0 Å². The minimum absolute atomic E-state index is 0.289. The fourth-order valence-electron chi connectivity index (χ4n) is 1.86. The predicted molar refractivity (Wildman–Crippen MR) is 80.3 cm³/mol. The zero-order valence-corrected chi connectivity index (χ0v) is 13.4. The molecule has 1 aromatic rings. The third-order valence-corrected chi connectivity index (χ3v) is 11.1. The number of hydrogen-bond acceptors (Lipinski definition) is 2. The Labute approximate surface area is 113 Å². The second-order valence-electron chi connectivity index (χ2n) is 5.40. The van der Waals surface area contributed by atoms with Crippen LogP contribution < -0.4 is 0 Å². The van der Waals surface area contributed by atoms with Crippen molar-refractivity contribution in [1.29, 1.82) is 0 Å². The Balaban J connectivity index is 2.19. The molecule has 1 aliphatic rings. The van der Waals surface area contributed by atoms with Crippen molar-refractivity contribution >= 4 is 28.8 Å². The second-order valence-corrected chi connectivity index (χ2v) is 14.5. The first-order chi connectivity index (χ1) is 8.39. The van der Waals surface area contributed by atoms with Crippen molar-refractivity contribution in [2.24, 2.45) is 3.77 Å². The SMILES string of the molecule is C[Si]1(C)CCS(=NS(=O)(=O)c2ccccc2)CC1. The van der Waals surface area contributed by atoms with Crippen molar-refractivity contribution in [3.05, 3.63) is 30.3 Å². The molecule has 0 aliphatic carbocycles. The Hall–Kier alpha value is -0.463. The Morgan fingerprint density at radius 3 is 2.22 bits per heavy atom. The van der Waals surface area contributed by atoms with Gasteiger partial charge < -0.3 is 0 Å². The van der Waals surface area contributed by atoms with E-state index in [4.69, 9.17) is 0 Å². The maximum Gasteiger partial charge on any atom is 0.287 e. The summed E-state index contributed by atoms with van der Waals surface area (Å²) in [6.07, 6.45) is 0. The average Bonchev–Trinajstić information content (AvgIpc) is 2.33. The van der Waals surface area contributed by atoms with E-state index < -0.39 is 18.1 Å². The van der Waals surface area contributed by atoms with Gasteiger partial charge >= 0.3 is 0 Å². The topological polar surface area (TPSA) is 46.5 Å². The maximum absolute atomic E-state index is 12.1. The molecule has 0 N–H and O–H groups in total. The van der Waals surface area contributed by atoms with E-state index >= 15 is 0 Å². The lowest BCUT2D eigenvalue weighted by Crippen LogP contribution is -2.34. The molecular formula is C12H19NO2S2Si. The van der Waals surface area contributed by atoms with Crippen LogP contribution in [0.2, 0.25) is 25.2 Å². The molecule has 1 saturated heterocycles. The molecular weight excluding hydrogens is 282 g/mol. The summed E-state index contributed by atoms with van der Waals surface area (Å²) in [5.41, 5.74) is 0. The van der Waals surface area contributed by atoms with Crippen LogP contribution in [-0.4, -0.2) is 28.0 Å². The zero-order chi connectivity index (χ0) is 13.2. The molecule has 100 valence electrons. The smallest absolute Gasteiger partial charge is 0.199 e. The highest BCUT2D eigenvalue weighted by molar-refractivity contribution is 8.00. The quantitative estimate of drug-likeness (QED) is 0.789. The summed E-state index contributed by atoms with van der Waals surface area (Å²) < 4.78 is 28.4. The van der Waals surface area contributed by atoms with Crippen molar-refractivity contribution < 1.29 is 8.42 Å². The molecule has 18 heavy (non-hydrogen) atoms. The number of nitrogens with zero attached hydrogens (tertiary/aromatic N) is 1. The number of benzene rings is 1. The van der Waals surface area contributed by atoms with Gasteiger partial charge in [-0.25, -0.2) is 0 Å². The fourth-order valence-corrected chi connectivity index (χ4v) is 11.2. The van der Waals surface area contributed by atoms with Gasteiger partial charge in [0, 0.05) is 19.6 Å². The van der Waals surface area contributed by atoms with E-state index in [0.29, 0.717) is 4.90 Å². The third kappa shape index (κ3) is 3.52. The Morgan fingerprint density at radius 2 is 1.67 bits per heavy atom. The van der Waals surface area contributed by atoms with E-state index in [1.165, 1.54) is 12.1 Å². The second kappa shape index (κ2) is 5.26. The molecule has 1 fully saturated rings. The third-order valence-electron chi connectivity index (χ3n) is 3.27. The summed E-state index contributed by atoms with van der Waals surface area (Å²) in [6.45, 7) is 4.75. The van der Waals surface area contributed by atoms with Gasteiger partial charge in [0.2, 0.25) is 0 Å². The molecule has 0 aromatic heterocycles. The minimum atomic E-state index is -3.44. The van der Waals surface area contributed by atoms with Crippen molar-refractivity contribution in [2.75, 3.05) is 11.5 Å². The summed E-state index contributed by atoms with van der Waals surface area (Å²) in [5.74, 6) is 1.93. The van der Waals surface area contributed by atoms with Crippen molar-refractivity contribution in [3.63, 3.8) is 0 Å². The highest BCUT2D eigenvalue weighted by atomic mass is 32.3. The highest BCUT2D eigenvalue weighted by Crippen LogP contribution is 2.24. The van der Waals surface area contributed by atoms with Gasteiger partial charge in [0.25, 0.3) is 10.0 Å². The van der Waals surface area contributed by atoms with Crippen LogP contribution in [-0.2, 0) is 20.7 Å². The van der Waals surface area contributed by atoms with Crippen LogP contribution in [0.1, 0.15) is 0 Å². The molecule has 0 atom stereocenters. The predicted octanol–water partition coefficient (Wildman–Crippen LogP) is 2.90. The highest BCUT2D eigenvalue weighted by Gasteiger charge is 2.26. The van der Waals surface area contributed by atoms with E-state index in [1.54, 1.807) is 24.3 Å². The van der Waals surface area contributed by atoms with E-state index in [1.807, 2.05) is 6.07 Å². The molecule has 0 unspecified atom stereocenters. The van der Waals surface area contributed by atoms with Gasteiger partial charge in [0.15, 0.2) is 0 Å². The van der Waals surface area contributed by atoms with Crippen LogP contribution in [0.5, 0.6) is 0 Å². The summed E-state index contributed by atoms with van der Waals surface area (Å²) in [7, 11) is -4.77. The Morgan fingerprint density at radius 1 is 1.11 bits per heavy atom. The first-order valence-electron chi connectivity index (χ1n) is 6.10. The lowest BCUT2D eigenvalue weighted by Gasteiger charge is -2.28. The van der Waals surface area contributed by atoms with E-state index in [9.17, 15) is 8.42 Å². The lowest BCUT2D eigenvalue weighted by molar-refractivity contribution is 0.598. The van der Waals surface area contributed by atoms with Gasteiger partial charge in [0.05, 0.1) is 4.90 Å². The molecule has 6 heteroatoms. The van der Waals surface area contributed by atoms with Gasteiger partial charge in [-0.3, -0.25) is 0 Å². The molecule has 0 spiro atoms. The van der Waals surface area contributed by atoms with Gasteiger partial charge in [-0.15, -0.1) is 3.77 Å². The van der Waals surface area contributed by atoms with Crippen molar-refractivity contribution in [3.8, 4) is 0 Å². The van der Waals surface area contributed by atoms with Crippen LogP contribution in [0.3, 0.4) is 0 Å². The molecule has 0 radical (unpaired) electrons. The van der Waals surface area contributed by atoms with Crippen LogP contribution in [0, 0.1) is 0 Å². The van der Waals surface area contributed by atoms with Crippen LogP contribution in [0.25, 0.3) is 0 Å². The summed E-state index contributed by atoms with van der Waals surface area (Å²) in [6, 6.07) is 10.9. The van der Waals surface area contributed by atoms with Gasteiger partial charge in [-0.2, -0.15) is 8.42 Å². The molecule has 1 heterocycles. The monoisotopic (exact) mass is 301 g/mol. The summed E-state index contributed by atoms with van der Waals surface area (Å²) >= 11 is 0. The van der Waals surface area contributed by atoms with Gasteiger partial charge in [-0.1, -0.05) is 42.0 Å². The molecule has 0 amide bonds. The Bertz CT molecular complexity index is 541. The summed E-state index contributed by atoms with van der Waals surface area (Å²) in [5, 5.41) is 0. The van der Waals surface area contributed by atoms with Crippen LogP contribution >= 0.6 is 0 Å². The van der Waals surface area contributed by atoms with E-state index in [-0.39, 0.29) is 10.7 Å². The van der Waals surface area contributed by atoms with E-state index in [0.717, 1.165) is 11.5 Å². The molecule has 3 nitrogen and oxygen atoms in total. The molecule has 0 saturated carbocycles. The van der Waals surface area contributed by atoms with Crippen molar-refractivity contribution in [1.82, 2.24) is 0 Å². The average molecular weight is 302 g/mol. The molecule has 2 rings (SSSR count). The molecule has 1 aliphatic heterocycles. The first-order valence-corrected chi connectivity index (χ1v) is 12.5. The number of rotatable bonds is 2. The van der Waals surface area contributed by atoms with Crippen LogP contribution in [0.15, 0.2) is 39.0 Å². The molecule has 1 aromatic carbocycles. The largest absolute Gasteiger partial charge is 0.287 e. The maximum atomic E-state index is 12.1. The zero-order valence-electron chi connectivity index (χ0n) is 10.8. The lowest BCUT2D eigenvalue weighted by atomic mass is 10.4. The first kappa shape index (κ1) is 14.0. The normalized spacial score (nSPS) is 20.6. The van der Waals surface area contributed by atoms with E-state index in [2.05, 4.69) is 16.9 Å². The van der Waals surface area contributed by atoms with Crippen molar-refractivity contribution in [2.45, 2.75) is 30.1 Å². The number of sulfonamides is 1. The Kier molecular flexibility index (Phi) is 4.08. The fraction of sp³-hybridized carbons (Fsp3) is 0.500. The van der Waals surface area contributed by atoms with Gasteiger partial charge in [-0.05, 0) is 24.2 Å². The molecule has 0 bridgehead atoms. The van der Waals surface area contributed by atoms with Crippen LogP contribution in [0.4, 0.5) is 0 Å². The number of hydrogen-bond donors (Lipinski definition) is 0. The minimum Gasteiger partial charge on any atom is -0.199 e. The summed E-state index contributed by atoms with van der Waals surface area (Å²) in [4.78, 5) is 0.319. The standard InChI is InChI=1S/C12H19NO2S2Si/c1-18(2)10-8-16(9-11-18)13-17(14,15)12-6-4-3-5-7-12/h3-7H,8-11H2,1-2H3.